The minimum absolute atomic E-state index is 0.116. The number of nitrogens with zero attached hydrogens (tertiary/aromatic N) is 3. The van der Waals surface area contributed by atoms with Crippen molar-refractivity contribution in [1.82, 2.24) is 10.3 Å². The zero-order valence-corrected chi connectivity index (χ0v) is 16.0. The van der Waals surface area contributed by atoms with Crippen LogP contribution in [0.2, 0.25) is 0 Å². The maximum Gasteiger partial charge on any atom is 0.189 e. The molecule has 4 nitrogen and oxygen atoms in total. The van der Waals surface area contributed by atoms with E-state index < -0.39 is 0 Å². The summed E-state index contributed by atoms with van der Waals surface area (Å²) < 4.78 is 0. The molecule has 1 aliphatic rings. The first-order valence-corrected chi connectivity index (χ1v) is 8.84. The van der Waals surface area contributed by atoms with Gasteiger partial charge in [-0.15, -0.1) is 0 Å². The third-order valence-electron chi connectivity index (χ3n) is 4.58. The molecule has 2 aromatic rings. The Kier molecular flexibility index (Phi) is 5.04. The fourth-order valence-corrected chi connectivity index (χ4v) is 3.29. The van der Waals surface area contributed by atoms with Gasteiger partial charge in [-0.2, -0.15) is 5.10 Å². The van der Waals surface area contributed by atoms with Crippen LogP contribution in [0.1, 0.15) is 29.2 Å². The number of hydrazone groups is 1. The molecule has 130 valence electrons. The number of anilines is 1. The Bertz CT molecular complexity index is 796. The van der Waals surface area contributed by atoms with Crippen LogP contribution in [0, 0.1) is 6.92 Å². The molecule has 3 rings (SSSR count). The van der Waals surface area contributed by atoms with Gasteiger partial charge in [0.15, 0.2) is 5.11 Å². The van der Waals surface area contributed by atoms with Gasteiger partial charge in [-0.25, -0.2) is 5.01 Å². The van der Waals surface area contributed by atoms with Gasteiger partial charge in [-0.3, -0.25) is 0 Å². The van der Waals surface area contributed by atoms with Crippen LogP contribution in [0.5, 0.6) is 0 Å². The van der Waals surface area contributed by atoms with Gasteiger partial charge in [0.1, 0.15) is 0 Å². The van der Waals surface area contributed by atoms with Crippen LogP contribution in [0.3, 0.4) is 0 Å². The molecule has 0 amide bonds. The predicted octanol–water partition coefficient (Wildman–Crippen LogP) is 3.72. The maximum absolute atomic E-state index is 5.49. The molecular weight excluding hydrogens is 328 g/mol. The highest BCUT2D eigenvalue weighted by Crippen LogP contribution is 2.34. The van der Waals surface area contributed by atoms with E-state index in [0.29, 0.717) is 5.11 Å². The number of benzene rings is 2. The van der Waals surface area contributed by atoms with Crippen LogP contribution in [0.4, 0.5) is 5.69 Å². The first-order chi connectivity index (χ1) is 12.0. The second-order valence-corrected chi connectivity index (χ2v) is 6.85. The summed E-state index contributed by atoms with van der Waals surface area (Å²) in [7, 11) is 5.94. The van der Waals surface area contributed by atoms with Gasteiger partial charge in [0.05, 0.1) is 11.8 Å². The molecule has 2 aromatic carbocycles. The number of thiocarbonyl (C=S) groups is 1. The Morgan fingerprint density at radius 2 is 1.84 bits per heavy atom. The number of hydrogen-bond acceptors (Lipinski definition) is 3. The molecule has 0 saturated carbocycles. The highest BCUT2D eigenvalue weighted by Gasteiger charge is 2.31. The van der Waals surface area contributed by atoms with E-state index in [1.54, 1.807) is 0 Å². The monoisotopic (exact) mass is 352 g/mol. The standard InChI is InChI=1S/C20H24N4S/c1-14-7-5-6-8-17(14)18-13-19(24(22-18)20(25)21-2)15-9-11-16(12-10-15)23(3)4/h5-12,19H,13H2,1-4H3,(H,21,25)/t19-/m1/s1. The van der Waals surface area contributed by atoms with Crippen molar-refractivity contribution in [3.05, 3.63) is 65.2 Å². The van der Waals surface area contributed by atoms with Crippen molar-refractivity contribution in [1.29, 1.82) is 0 Å². The second kappa shape index (κ2) is 7.23. The first-order valence-electron chi connectivity index (χ1n) is 8.43. The van der Waals surface area contributed by atoms with E-state index in [4.69, 9.17) is 17.3 Å². The van der Waals surface area contributed by atoms with E-state index in [9.17, 15) is 0 Å². The fourth-order valence-electron chi connectivity index (χ4n) is 3.13. The summed E-state index contributed by atoms with van der Waals surface area (Å²) in [5, 5.41) is 10.5. The van der Waals surface area contributed by atoms with Gasteiger partial charge in [0, 0.05) is 38.8 Å². The largest absolute Gasteiger partial charge is 0.378 e. The Morgan fingerprint density at radius 1 is 1.16 bits per heavy atom. The highest BCUT2D eigenvalue weighted by molar-refractivity contribution is 7.80. The van der Waals surface area contributed by atoms with Crippen LogP contribution < -0.4 is 10.2 Å². The molecular formula is C20H24N4S. The molecule has 0 aliphatic carbocycles. The van der Waals surface area contributed by atoms with Crippen molar-refractivity contribution in [3.63, 3.8) is 0 Å². The molecule has 0 aromatic heterocycles. The van der Waals surface area contributed by atoms with Gasteiger partial charge >= 0.3 is 0 Å². The Labute approximate surface area is 155 Å². The van der Waals surface area contributed by atoms with Crippen molar-refractivity contribution in [2.75, 3.05) is 26.0 Å². The molecule has 0 radical (unpaired) electrons. The lowest BCUT2D eigenvalue weighted by Gasteiger charge is -2.24. The fraction of sp³-hybridized carbons (Fsp3) is 0.300. The van der Waals surface area contributed by atoms with Crippen molar-refractivity contribution >= 4 is 28.7 Å². The Balaban J connectivity index is 1.94. The first kappa shape index (κ1) is 17.4. The Hall–Kier alpha value is -2.40. The van der Waals surface area contributed by atoms with Crippen molar-refractivity contribution < 1.29 is 0 Å². The molecule has 25 heavy (non-hydrogen) atoms. The van der Waals surface area contributed by atoms with E-state index in [1.165, 1.54) is 22.4 Å². The van der Waals surface area contributed by atoms with Crippen LogP contribution in [-0.4, -0.2) is 37.0 Å². The average Bonchev–Trinajstić information content (AvgIpc) is 3.06. The smallest absolute Gasteiger partial charge is 0.189 e. The summed E-state index contributed by atoms with van der Waals surface area (Å²) in [5.74, 6) is 0. The normalized spacial score (nSPS) is 16.6. The minimum Gasteiger partial charge on any atom is -0.378 e. The molecule has 1 aliphatic heterocycles. The number of hydrogen-bond donors (Lipinski definition) is 1. The van der Waals surface area contributed by atoms with E-state index in [0.717, 1.165) is 12.1 Å². The van der Waals surface area contributed by atoms with Gasteiger partial charge in [-0.05, 0) is 42.4 Å². The van der Waals surface area contributed by atoms with Crippen LogP contribution in [0.15, 0.2) is 53.6 Å². The second-order valence-electron chi connectivity index (χ2n) is 6.47. The summed E-state index contributed by atoms with van der Waals surface area (Å²) in [5.41, 5.74) is 5.91. The summed E-state index contributed by atoms with van der Waals surface area (Å²) >= 11 is 5.49. The Morgan fingerprint density at radius 3 is 2.44 bits per heavy atom. The van der Waals surface area contributed by atoms with Crippen LogP contribution in [0.25, 0.3) is 0 Å². The third kappa shape index (κ3) is 3.51. The number of rotatable bonds is 3. The van der Waals surface area contributed by atoms with Gasteiger partial charge in [-0.1, -0.05) is 36.4 Å². The van der Waals surface area contributed by atoms with Gasteiger partial charge in [0.25, 0.3) is 0 Å². The van der Waals surface area contributed by atoms with Crippen molar-refractivity contribution in [2.24, 2.45) is 5.10 Å². The SMILES string of the molecule is CNC(=S)N1N=C(c2ccccc2C)C[C@@H]1c1ccc(N(C)C)cc1. The lowest BCUT2D eigenvalue weighted by Crippen LogP contribution is -2.34. The van der Waals surface area contributed by atoms with Crippen LogP contribution in [-0.2, 0) is 0 Å². The zero-order chi connectivity index (χ0) is 18.0. The molecule has 1 heterocycles. The van der Waals surface area contributed by atoms with Crippen LogP contribution >= 0.6 is 12.2 Å². The average molecular weight is 353 g/mol. The number of nitrogens with one attached hydrogen (secondary N) is 1. The van der Waals surface area contributed by atoms with E-state index >= 15 is 0 Å². The topological polar surface area (TPSA) is 30.9 Å². The molecule has 0 spiro atoms. The van der Waals surface area contributed by atoms with E-state index in [2.05, 4.69) is 65.7 Å². The summed E-state index contributed by atoms with van der Waals surface area (Å²) in [6.45, 7) is 2.12. The molecule has 0 fully saturated rings. The molecule has 5 heteroatoms. The quantitative estimate of drug-likeness (QED) is 0.853. The molecule has 0 unspecified atom stereocenters. The van der Waals surface area contributed by atoms with E-state index in [1.807, 2.05) is 26.2 Å². The predicted molar refractivity (Wildman–Crippen MR) is 109 cm³/mol. The summed E-state index contributed by atoms with van der Waals surface area (Å²) in [6.07, 6.45) is 0.841. The lowest BCUT2D eigenvalue weighted by atomic mass is 9.96. The van der Waals surface area contributed by atoms with Gasteiger partial charge < -0.3 is 10.2 Å². The molecule has 0 saturated heterocycles. The van der Waals surface area contributed by atoms with E-state index in [-0.39, 0.29) is 6.04 Å². The van der Waals surface area contributed by atoms with Crippen molar-refractivity contribution in [2.45, 2.75) is 19.4 Å². The molecule has 0 bridgehead atoms. The summed E-state index contributed by atoms with van der Waals surface area (Å²) in [4.78, 5) is 2.10. The molecule has 1 N–H and O–H groups in total. The zero-order valence-electron chi connectivity index (χ0n) is 15.2. The number of aryl methyl sites for hydroxylation is 1. The maximum atomic E-state index is 5.49. The van der Waals surface area contributed by atoms with Crippen molar-refractivity contribution in [3.8, 4) is 0 Å². The third-order valence-corrected chi connectivity index (χ3v) is 4.97. The highest BCUT2D eigenvalue weighted by atomic mass is 32.1. The van der Waals surface area contributed by atoms with Gasteiger partial charge in [0.2, 0.25) is 0 Å². The summed E-state index contributed by atoms with van der Waals surface area (Å²) in [6, 6.07) is 17.1. The minimum atomic E-state index is 0.116. The molecule has 1 atom stereocenters. The lowest BCUT2D eigenvalue weighted by molar-refractivity contribution is 0.367.